The predicted octanol–water partition coefficient (Wildman–Crippen LogP) is 1.60. The quantitative estimate of drug-likeness (QED) is 0.716. The Morgan fingerprint density at radius 1 is 1.35 bits per heavy atom. The number of thiophene rings is 1. The van der Waals surface area contributed by atoms with Gasteiger partial charge in [0.15, 0.2) is 5.78 Å². The molecule has 20 heavy (non-hydrogen) atoms. The molecular formula is C13H19NO4S2. The third kappa shape index (κ3) is 5.42. The van der Waals surface area contributed by atoms with Crippen LogP contribution in [0.3, 0.4) is 0 Å². The molecule has 1 atom stereocenters. The van der Waals surface area contributed by atoms with Crippen LogP contribution in [0.15, 0.2) is 17.5 Å². The van der Waals surface area contributed by atoms with Crippen molar-refractivity contribution >= 4 is 32.9 Å². The van der Waals surface area contributed by atoms with Crippen molar-refractivity contribution in [3.8, 4) is 0 Å². The zero-order valence-corrected chi connectivity index (χ0v) is 13.5. The number of carbonyl (C=O) groups excluding carboxylic acids is 2. The van der Waals surface area contributed by atoms with E-state index in [1.54, 1.807) is 26.1 Å². The molecule has 0 aliphatic rings. The topological polar surface area (TPSA) is 71.5 Å². The van der Waals surface area contributed by atoms with Crippen molar-refractivity contribution in [1.29, 1.82) is 0 Å². The molecule has 1 aromatic rings. The minimum absolute atomic E-state index is 0.0579. The molecule has 0 aliphatic heterocycles. The first-order valence-electron chi connectivity index (χ1n) is 6.21. The molecule has 0 spiro atoms. The van der Waals surface area contributed by atoms with E-state index in [9.17, 15) is 18.0 Å². The van der Waals surface area contributed by atoms with Crippen LogP contribution in [-0.4, -0.2) is 50.1 Å². The highest BCUT2D eigenvalue weighted by Crippen LogP contribution is 2.13. The number of nitrogens with zero attached hydrogens (tertiary/aromatic N) is 1. The minimum Gasteiger partial charge on any atom is -0.342 e. The van der Waals surface area contributed by atoms with E-state index in [2.05, 4.69) is 0 Å². The van der Waals surface area contributed by atoms with Gasteiger partial charge in [-0.1, -0.05) is 6.07 Å². The van der Waals surface area contributed by atoms with Crippen molar-refractivity contribution in [1.82, 2.24) is 4.90 Å². The Hall–Kier alpha value is -1.21. The number of sulfone groups is 1. The first-order chi connectivity index (χ1) is 9.20. The molecule has 0 saturated carbocycles. The van der Waals surface area contributed by atoms with Gasteiger partial charge in [-0.15, -0.1) is 11.3 Å². The van der Waals surface area contributed by atoms with Gasteiger partial charge in [-0.2, -0.15) is 0 Å². The van der Waals surface area contributed by atoms with Crippen LogP contribution in [0.1, 0.15) is 29.4 Å². The second kappa shape index (κ2) is 6.99. The summed E-state index contributed by atoms with van der Waals surface area (Å²) < 4.78 is 22.4. The molecule has 0 aliphatic carbocycles. The van der Waals surface area contributed by atoms with Crippen molar-refractivity contribution in [2.45, 2.75) is 25.8 Å². The number of ketones is 1. The lowest BCUT2D eigenvalue weighted by Gasteiger charge is -2.24. The number of hydrogen-bond donors (Lipinski definition) is 0. The molecule has 0 radical (unpaired) electrons. The maximum absolute atomic E-state index is 11.9. The van der Waals surface area contributed by atoms with E-state index in [1.807, 2.05) is 5.38 Å². The van der Waals surface area contributed by atoms with Gasteiger partial charge >= 0.3 is 0 Å². The summed E-state index contributed by atoms with van der Waals surface area (Å²) in [5.41, 5.74) is 0. The van der Waals surface area contributed by atoms with Crippen LogP contribution in [0.25, 0.3) is 0 Å². The first kappa shape index (κ1) is 16.8. The fourth-order valence-electron chi connectivity index (χ4n) is 1.75. The minimum atomic E-state index is -3.13. The first-order valence-corrected chi connectivity index (χ1v) is 9.15. The van der Waals surface area contributed by atoms with Crippen LogP contribution >= 0.6 is 11.3 Å². The summed E-state index contributed by atoms with van der Waals surface area (Å²) in [4.78, 5) is 25.7. The van der Waals surface area contributed by atoms with Crippen LogP contribution in [-0.2, 0) is 14.6 Å². The van der Waals surface area contributed by atoms with Gasteiger partial charge in [-0.05, 0) is 18.4 Å². The number of hydrogen-bond acceptors (Lipinski definition) is 5. The molecule has 1 unspecified atom stereocenters. The van der Waals surface area contributed by atoms with Gasteiger partial charge in [0.1, 0.15) is 9.84 Å². The van der Waals surface area contributed by atoms with Gasteiger partial charge in [0.25, 0.3) is 0 Å². The molecule has 5 nitrogen and oxygen atoms in total. The molecular weight excluding hydrogens is 298 g/mol. The van der Waals surface area contributed by atoms with Crippen LogP contribution in [0.4, 0.5) is 0 Å². The van der Waals surface area contributed by atoms with Crippen LogP contribution < -0.4 is 0 Å². The second-order valence-electron chi connectivity index (χ2n) is 4.85. The average Bonchev–Trinajstić information content (AvgIpc) is 2.86. The molecule has 0 fully saturated rings. The van der Waals surface area contributed by atoms with E-state index in [0.717, 1.165) is 6.26 Å². The molecule has 112 valence electrons. The van der Waals surface area contributed by atoms with Crippen LogP contribution in [0, 0.1) is 0 Å². The highest BCUT2D eigenvalue weighted by molar-refractivity contribution is 7.90. The normalized spacial score (nSPS) is 12.9. The summed E-state index contributed by atoms with van der Waals surface area (Å²) in [7, 11) is -1.56. The Bertz CT molecular complexity index is 563. The SMILES string of the molecule is CC(CS(C)(=O)=O)N(C)C(=O)CCC(=O)c1cccs1. The number of amides is 1. The third-order valence-corrected chi connectivity index (χ3v) is 4.96. The third-order valence-electron chi connectivity index (χ3n) is 2.96. The largest absolute Gasteiger partial charge is 0.342 e. The molecule has 0 aromatic carbocycles. The standard InChI is InChI=1S/C13H19NO4S2/c1-10(9-20(3,17)18)14(2)13(16)7-6-11(15)12-5-4-8-19-12/h4-5,8,10H,6-7,9H2,1-3H3. The van der Waals surface area contributed by atoms with Crippen molar-refractivity contribution in [3.05, 3.63) is 22.4 Å². The Morgan fingerprint density at radius 3 is 2.50 bits per heavy atom. The van der Waals surface area contributed by atoms with Gasteiger partial charge in [0.2, 0.25) is 5.91 Å². The summed E-state index contributed by atoms with van der Waals surface area (Å²) in [6.45, 7) is 1.68. The van der Waals surface area contributed by atoms with Crippen LogP contribution in [0.2, 0.25) is 0 Å². The number of carbonyl (C=O) groups is 2. The Kier molecular flexibility index (Phi) is 5.88. The molecule has 0 bridgehead atoms. The molecule has 1 rings (SSSR count). The summed E-state index contributed by atoms with van der Waals surface area (Å²) in [6, 6.07) is 3.13. The summed E-state index contributed by atoms with van der Waals surface area (Å²) in [6.07, 6.45) is 1.39. The van der Waals surface area contributed by atoms with Crippen molar-refractivity contribution in [2.75, 3.05) is 19.1 Å². The predicted molar refractivity (Wildman–Crippen MR) is 79.8 cm³/mol. The summed E-state index contributed by atoms with van der Waals surface area (Å²) >= 11 is 1.35. The van der Waals surface area contributed by atoms with Crippen LogP contribution in [0.5, 0.6) is 0 Å². The van der Waals surface area contributed by atoms with E-state index >= 15 is 0 Å². The van der Waals surface area contributed by atoms with Gasteiger partial charge in [0, 0.05) is 32.2 Å². The maximum Gasteiger partial charge on any atom is 0.223 e. The van der Waals surface area contributed by atoms with E-state index in [1.165, 1.54) is 16.2 Å². The van der Waals surface area contributed by atoms with Crippen molar-refractivity contribution in [2.24, 2.45) is 0 Å². The number of Topliss-reactive ketones (excluding diaryl/α,β-unsaturated/α-hetero) is 1. The smallest absolute Gasteiger partial charge is 0.223 e. The van der Waals surface area contributed by atoms with Gasteiger partial charge in [-0.3, -0.25) is 9.59 Å². The summed E-state index contributed by atoms with van der Waals surface area (Å²) in [5, 5.41) is 1.81. The van der Waals surface area contributed by atoms with Crippen molar-refractivity contribution in [3.63, 3.8) is 0 Å². The Morgan fingerprint density at radius 2 is 2.00 bits per heavy atom. The Balaban J connectivity index is 2.48. The fourth-order valence-corrected chi connectivity index (χ4v) is 3.55. The van der Waals surface area contributed by atoms with Gasteiger partial charge < -0.3 is 4.90 Å². The van der Waals surface area contributed by atoms with Gasteiger partial charge in [0.05, 0.1) is 10.6 Å². The maximum atomic E-state index is 11.9. The highest BCUT2D eigenvalue weighted by Gasteiger charge is 2.20. The fraction of sp³-hybridized carbons (Fsp3) is 0.538. The monoisotopic (exact) mass is 317 g/mol. The van der Waals surface area contributed by atoms with E-state index in [-0.39, 0.29) is 30.3 Å². The molecule has 0 saturated heterocycles. The Labute approximate surface area is 123 Å². The zero-order valence-electron chi connectivity index (χ0n) is 11.8. The zero-order chi connectivity index (χ0) is 15.3. The highest BCUT2D eigenvalue weighted by atomic mass is 32.2. The van der Waals surface area contributed by atoms with E-state index in [0.29, 0.717) is 4.88 Å². The number of rotatable bonds is 7. The molecule has 7 heteroatoms. The van der Waals surface area contributed by atoms with E-state index in [4.69, 9.17) is 0 Å². The van der Waals surface area contributed by atoms with Crippen molar-refractivity contribution < 1.29 is 18.0 Å². The molecule has 0 N–H and O–H groups in total. The average molecular weight is 317 g/mol. The molecule has 1 amide bonds. The lowest BCUT2D eigenvalue weighted by atomic mass is 10.1. The lowest BCUT2D eigenvalue weighted by molar-refractivity contribution is -0.131. The van der Waals surface area contributed by atoms with Gasteiger partial charge in [-0.25, -0.2) is 8.42 Å². The summed E-state index contributed by atoms with van der Waals surface area (Å²) in [5.74, 6) is -0.350. The molecule has 1 aromatic heterocycles. The molecule has 1 heterocycles. The lowest BCUT2D eigenvalue weighted by Crippen LogP contribution is -2.39. The van der Waals surface area contributed by atoms with E-state index < -0.39 is 15.9 Å². The second-order valence-corrected chi connectivity index (χ2v) is 7.98.